The first-order valence-electron chi connectivity index (χ1n) is 16.1. The predicted octanol–water partition coefficient (Wildman–Crippen LogP) is 8.35. The molecule has 3 heterocycles. The molecule has 2 fully saturated rings. The van der Waals surface area contributed by atoms with Crippen LogP contribution in [0, 0.1) is 12.8 Å². The molecule has 2 aliphatic heterocycles. The molecular formula is C37H41F2N5O3. The van der Waals surface area contributed by atoms with Gasteiger partial charge in [0.15, 0.2) is 0 Å². The highest BCUT2D eigenvalue weighted by atomic mass is 19.3. The number of rotatable bonds is 8. The van der Waals surface area contributed by atoms with Crippen molar-refractivity contribution in [2.45, 2.75) is 83.9 Å². The van der Waals surface area contributed by atoms with Crippen LogP contribution in [0.2, 0.25) is 0 Å². The highest BCUT2D eigenvalue weighted by Crippen LogP contribution is 2.41. The van der Waals surface area contributed by atoms with Gasteiger partial charge in [0.2, 0.25) is 0 Å². The maximum atomic E-state index is 13.4. The van der Waals surface area contributed by atoms with Crippen molar-refractivity contribution in [2.24, 2.45) is 5.92 Å². The fraction of sp³-hybridized carbons (Fsp3) is 0.378. The van der Waals surface area contributed by atoms with Crippen LogP contribution in [0.25, 0.3) is 5.69 Å². The van der Waals surface area contributed by atoms with E-state index in [9.17, 15) is 18.4 Å². The monoisotopic (exact) mass is 641 g/mol. The molecule has 3 amide bonds. The second-order valence-corrected chi connectivity index (χ2v) is 13.7. The van der Waals surface area contributed by atoms with Crippen molar-refractivity contribution < 1.29 is 23.1 Å². The van der Waals surface area contributed by atoms with Crippen LogP contribution in [0.4, 0.5) is 25.1 Å². The van der Waals surface area contributed by atoms with E-state index >= 15 is 0 Å². The number of amides is 3. The Morgan fingerprint density at radius 2 is 1.62 bits per heavy atom. The molecule has 3 aromatic carbocycles. The molecule has 0 radical (unpaired) electrons. The van der Waals surface area contributed by atoms with Crippen LogP contribution in [0.15, 0.2) is 78.9 Å². The van der Waals surface area contributed by atoms with Crippen LogP contribution in [0.1, 0.15) is 73.6 Å². The van der Waals surface area contributed by atoms with E-state index in [1.807, 2.05) is 60.4 Å². The number of anilines is 2. The van der Waals surface area contributed by atoms with Crippen LogP contribution < -0.4 is 15.4 Å². The number of nitrogens with zero attached hydrogens (tertiary/aromatic N) is 3. The number of halogens is 2. The number of ether oxygens (including phenoxy) is 1. The molecule has 2 N–H and O–H groups in total. The normalized spacial score (nSPS) is 19.1. The molecule has 246 valence electrons. The number of aromatic nitrogens is 2. The smallest absolute Gasteiger partial charge is 0.387 e. The predicted molar refractivity (Wildman–Crippen MR) is 179 cm³/mol. The second-order valence-electron chi connectivity index (χ2n) is 13.7. The maximum Gasteiger partial charge on any atom is 0.387 e. The largest absolute Gasteiger partial charge is 0.435 e. The van der Waals surface area contributed by atoms with Gasteiger partial charge in [-0.05, 0) is 99.0 Å². The highest BCUT2D eigenvalue weighted by Gasteiger charge is 2.43. The topological polar surface area (TPSA) is 88.5 Å². The van der Waals surface area contributed by atoms with Gasteiger partial charge in [-0.2, -0.15) is 13.9 Å². The molecule has 0 spiro atoms. The van der Waals surface area contributed by atoms with Gasteiger partial charge in [0.05, 0.1) is 11.4 Å². The summed E-state index contributed by atoms with van der Waals surface area (Å²) in [4.78, 5) is 28.6. The molecule has 2 saturated heterocycles. The molecule has 10 heteroatoms. The summed E-state index contributed by atoms with van der Waals surface area (Å²) >= 11 is 0. The van der Waals surface area contributed by atoms with Gasteiger partial charge in [0.25, 0.3) is 5.91 Å². The molecule has 2 unspecified atom stereocenters. The summed E-state index contributed by atoms with van der Waals surface area (Å²) in [5.41, 5.74) is 4.99. The lowest BCUT2D eigenvalue weighted by molar-refractivity contribution is -0.0498. The summed E-state index contributed by atoms with van der Waals surface area (Å²) in [5.74, 6) is 0.967. The first-order valence-corrected chi connectivity index (χ1v) is 16.1. The molecule has 2 atom stereocenters. The average Bonchev–Trinajstić information content (AvgIpc) is 3.55. The number of hydrogen-bond donors (Lipinski definition) is 2. The van der Waals surface area contributed by atoms with Crippen LogP contribution in [-0.4, -0.2) is 45.3 Å². The van der Waals surface area contributed by atoms with Gasteiger partial charge in [0, 0.05) is 34.8 Å². The Kier molecular flexibility index (Phi) is 9.03. The molecule has 6 rings (SSSR count). The van der Waals surface area contributed by atoms with Gasteiger partial charge in [-0.1, -0.05) is 50.6 Å². The SMILES string of the molecule is Cc1ccc(-n2nc(C(C)(C)C)cc2NC(=O)Nc2cccc(CC3CC4CCC(C3)N4C(=O)c3ccc(OC(F)F)cc3)c2)cc1. The zero-order valence-corrected chi connectivity index (χ0v) is 27.2. The third kappa shape index (κ3) is 7.48. The fourth-order valence-electron chi connectivity index (χ4n) is 6.82. The average molecular weight is 642 g/mol. The summed E-state index contributed by atoms with van der Waals surface area (Å²) in [5, 5.41) is 10.8. The van der Waals surface area contributed by atoms with Gasteiger partial charge in [-0.25, -0.2) is 9.48 Å². The Labute approximate surface area is 274 Å². The van der Waals surface area contributed by atoms with Crippen molar-refractivity contribution >= 4 is 23.4 Å². The molecule has 0 aliphatic carbocycles. The van der Waals surface area contributed by atoms with E-state index in [-0.39, 0.29) is 35.2 Å². The number of piperidine rings is 1. The second kappa shape index (κ2) is 13.2. The minimum absolute atomic E-state index is 0.0379. The molecule has 47 heavy (non-hydrogen) atoms. The van der Waals surface area contributed by atoms with E-state index in [2.05, 4.69) is 42.2 Å². The van der Waals surface area contributed by atoms with Crippen LogP contribution in [0.3, 0.4) is 0 Å². The molecule has 8 nitrogen and oxygen atoms in total. The number of urea groups is 1. The van der Waals surface area contributed by atoms with Gasteiger partial charge < -0.3 is 15.0 Å². The summed E-state index contributed by atoms with van der Waals surface area (Å²) in [6.07, 6.45) is 4.55. The van der Waals surface area contributed by atoms with E-state index in [1.165, 1.54) is 12.1 Å². The zero-order chi connectivity index (χ0) is 33.3. The van der Waals surface area contributed by atoms with Gasteiger partial charge in [-0.3, -0.25) is 10.1 Å². The maximum absolute atomic E-state index is 13.4. The molecule has 1 aromatic heterocycles. The quantitative estimate of drug-likeness (QED) is 0.202. The van der Waals surface area contributed by atoms with E-state index in [0.29, 0.717) is 23.0 Å². The first kappa shape index (κ1) is 32.2. The van der Waals surface area contributed by atoms with Crippen LogP contribution in [0.5, 0.6) is 5.75 Å². The Morgan fingerprint density at radius 1 is 0.936 bits per heavy atom. The highest BCUT2D eigenvalue weighted by molar-refractivity contribution is 5.99. The molecule has 2 aliphatic rings. The summed E-state index contributed by atoms with van der Waals surface area (Å²) in [6.45, 7) is 5.40. The van der Waals surface area contributed by atoms with Crippen molar-refractivity contribution in [3.8, 4) is 11.4 Å². The van der Waals surface area contributed by atoms with E-state index in [0.717, 1.165) is 54.6 Å². The number of carbonyl (C=O) groups excluding carboxylic acids is 2. The minimum atomic E-state index is -2.90. The van der Waals surface area contributed by atoms with Crippen LogP contribution in [-0.2, 0) is 11.8 Å². The number of fused-ring (bicyclic) bond motifs is 2. The van der Waals surface area contributed by atoms with Crippen molar-refractivity contribution in [1.29, 1.82) is 0 Å². The number of aryl methyl sites for hydroxylation is 1. The third-order valence-electron chi connectivity index (χ3n) is 9.10. The van der Waals surface area contributed by atoms with Gasteiger partial charge in [-0.15, -0.1) is 0 Å². The fourth-order valence-corrected chi connectivity index (χ4v) is 6.82. The Bertz CT molecular complexity index is 1720. The summed E-state index contributed by atoms with van der Waals surface area (Å²) in [7, 11) is 0. The van der Waals surface area contributed by atoms with E-state index in [4.69, 9.17) is 5.10 Å². The van der Waals surface area contributed by atoms with Gasteiger partial charge >= 0.3 is 12.6 Å². The first-order chi connectivity index (χ1) is 22.4. The number of hydrogen-bond acceptors (Lipinski definition) is 4. The number of alkyl halides is 2. The van der Waals surface area contributed by atoms with Crippen molar-refractivity contribution in [3.05, 3.63) is 101 Å². The minimum Gasteiger partial charge on any atom is -0.435 e. The van der Waals surface area contributed by atoms with E-state index in [1.54, 1.807) is 16.8 Å². The summed E-state index contributed by atoms with van der Waals surface area (Å²) in [6, 6.07) is 23.7. The molecule has 4 aromatic rings. The Hall–Kier alpha value is -4.73. The van der Waals surface area contributed by atoms with Gasteiger partial charge in [0.1, 0.15) is 11.6 Å². The van der Waals surface area contributed by atoms with E-state index < -0.39 is 6.61 Å². The number of nitrogens with one attached hydrogen (secondary N) is 2. The summed E-state index contributed by atoms with van der Waals surface area (Å²) < 4.78 is 31.2. The molecule has 0 saturated carbocycles. The lowest BCUT2D eigenvalue weighted by Crippen LogP contribution is -2.46. The number of benzene rings is 3. The molecular weight excluding hydrogens is 600 g/mol. The lowest BCUT2D eigenvalue weighted by atomic mass is 9.85. The van der Waals surface area contributed by atoms with Crippen molar-refractivity contribution in [3.63, 3.8) is 0 Å². The standard InChI is InChI=1S/C37H41F2N5O3/c1-23-8-12-28(13-9-23)44-33(22-32(42-44)37(2,3)4)41-36(46)40-27-7-5-6-24(19-27)18-25-20-29-14-15-30(21-25)43(29)34(45)26-10-16-31(17-11-26)47-35(38)39/h5-13,16-17,19,22,25,29-30,35H,14-15,18,20-21H2,1-4H3,(H2,40,41,46). The lowest BCUT2D eigenvalue weighted by Gasteiger charge is -2.39. The third-order valence-corrected chi connectivity index (χ3v) is 9.10. The van der Waals surface area contributed by atoms with Crippen molar-refractivity contribution in [1.82, 2.24) is 14.7 Å². The van der Waals surface area contributed by atoms with Crippen molar-refractivity contribution in [2.75, 3.05) is 10.6 Å². The number of carbonyl (C=O) groups is 2. The Morgan fingerprint density at radius 3 is 2.26 bits per heavy atom. The Balaban J connectivity index is 1.08. The zero-order valence-electron chi connectivity index (χ0n) is 27.2. The van der Waals surface area contributed by atoms with Crippen LogP contribution >= 0.6 is 0 Å². The molecule has 2 bridgehead atoms.